The molecular weight excluding hydrogens is 360 g/mol. The number of aryl methyl sites for hydroxylation is 1. The number of aromatic nitrogens is 3. The van der Waals surface area contributed by atoms with E-state index in [0.29, 0.717) is 5.15 Å². The number of rotatable bonds is 4. The van der Waals surface area contributed by atoms with Crippen molar-refractivity contribution in [3.05, 3.63) is 47.8 Å². The number of nitrogens with one attached hydrogen (secondary N) is 1. The van der Waals surface area contributed by atoms with E-state index in [0.717, 1.165) is 65.5 Å². The molecule has 4 aromatic rings. The van der Waals surface area contributed by atoms with Crippen LogP contribution in [0.1, 0.15) is 19.3 Å². The lowest BCUT2D eigenvalue weighted by Gasteiger charge is -2.23. The Balaban J connectivity index is 1.68. The van der Waals surface area contributed by atoms with Crippen LogP contribution in [0.4, 0.5) is 0 Å². The van der Waals surface area contributed by atoms with Crippen molar-refractivity contribution < 1.29 is 4.42 Å². The normalized spacial score (nSPS) is 15.7. The van der Waals surface area contributed by atoms with E-state index < -0.39 is 0 Å². The van der Waals surface area contributed by atoms with Crippen molar-refractivity contribution in [1.82, 2.24) is 19.9 Å². The smallest absolute Gasteiger partial charge is 0.177 e. The Hall–Kier alpha value is -2.37. The van der Waals surface area contributed by atoms with E-state index in [9.17, 15) is 0 Å². The van der Waals surface area contributed by atoms with Gasteiger partial charge in [-0.05, 0) is 56.5 Å². The summed E-state index contributed by atoms with van der Waals surface area (Å²) in [6.45, 7) is 3.11. The fraction of sp³-hybridized carbons (Fsp3) is 0.333. The molecule has 1 aliphatic rings. The number of fused-ring (bicyclic) bond motifs is 3. The van der Waals surface area contributed by atoms with E-state index in [1.807, 2.05) is 30.3 Å². The summed E-state index contributed by atoms with van der Waals surface area (Å²) in [6.07, 6.45) is 5.26. The number of nitrogens with zero attached hydrogens (tertiary/aromatic N) is 3. The zero-order valence-electron chi connectivity index (χ0n) is 15.0. The van der Waals surface area contributed by atoms with Gasteiger partial charge < -0.3 is 14.3 Å². The molecule has 27 heavy (non-hydrogen) atoms. The van der Waals surface area contributed by atoms with Gasteiger partial charge in [-0.25, -0.2) is 9.97 Å². The maximum absolute atomic E-state index is 6.51. The van der Waals surface area contributed by atoms with Crippen LogP contribution in [0.15, 0.2) is 47.1 Å². The van der Waals surface area contributed by atoms with E-state index in [-0.39, 0.29) is 0 Å². The molecule has 138 valence electrons. The molecule has 1 aliphatic heterocycles. The standard InChI is InChI=1S/C21H21ClN4O/c22-20-18-19(15-4-1-2-5-16(15)24-20)26(12-9-14-7-10-23-11-8-14)21(25-18)17-6-3-13-27-17/h1-6,13-14,23H,7-12H2. The molecule has 0 bridgehead atoms. The van der Waals surface area contributed by atoms with Gasteiger partial charge in [0.25, 0.3) is 0 Å². The third-order valence-electron chi connectivity index (χ3n) is 5.50. The lowest BCUT2D eigenvalue weighted by Crippen LogP contribution is -2.28. The molecule has 1 N–H and O–H groups in total. The molecule has 5 rings (SSSR count). The number of benzene rings is 1. The second-order valence-corrected chi connectivity index (χ2v) is 7.52. The fourth-order valence-electron chi connectivity index (χ4n) is 4.09. The molecule has 4 heterocycles. The number of halogens is 1. The second-order valence-electron chi connectivity index (χ2n) is 7.16. The molecule has 0 unspecified atom stereocenters. The molecule has 1 saturated heterocycles. The molecule has 6 heteroatoms. The van der Waals surface area contributed by atoms with Gasteiger partial charge in [-0.1, -0.05) is 29.8 Å². The van der Waals surface area contributed by atoms with Crippen molar-refractivity contribution in [2.45, 2.75) is 25.8 Å². The summed E-state index contributed by atoms with van der Waals surface area (Å²) < 4.78 is 7.95. The van der Waals surface area contributed by atoms with Gasteiger partial charge in [-0.15, -0.1) is 0 Å². The summed E-state index contributed by atoms with van der Waals surface area (Å²) in [7, 11) is 0. The van der Waals surface area contributed by atoms with Gasteiger partial charge in [-0.2, -0.15) is 0 Å². The highest BCUT2D eigenvalue weighted by molar-refractivity contribution is 6.35. The molecule has 0 amide bonds. The van der Waals surface area contributed by atoms with Crippen molar-refractivity contribution in [2.24, 2.45) is 5.92 Å². The largest absolute Gasteiger partial charge is 0.461 e. The number of piperidine rings is 1. The highest BCUT2D eigenvalue weighted by atomic mass is 35.5. The van der Waals surface area contributed by atoms with Crippen molar-refractivity contribution >= 4 is 33.5 Å². The summed E-state index contributed by atoms with van der Waals surface area (Å²) in [5.41, 5.74) is 2.68. The van der Waals surface area contributed by atoms with Crippen molar-refractivity contribution in [3.63, 3.8) is 0 Å². The Bertz CT molecular complexity index is 1080. The van der Waals surface area contributed by atoms with Gasteiger partial charge in [0.05, 0.1) is 17.3 Å². The van der Waals surface area contributed by atoms with E-state index in [1.165, 1.54) is 12.8 Å². The molecule has 0 radical (unpaired) electrons. The SMILES string of the molecule is Clc1nc2ccccc2c2c1nc(-c1ccco1)n2CCC1CCNCC1. The first kappa shape index (κ1) is 16.8. The first-order valence-electron chi connectivity index (χ1n) is 9.50. The molecular formula is C21H21ClN4O. The lowest BCUT2D eigenvalue weighted by atomic mass is 9.94. The minimum atomic E-state index is 0.442. The van der Waals surface area contributed by atoms with Crippen LogP contribution < -0.4 is 5.32 Å². The molecule has 1 fully saturated rings. The van der Waals surface area contributed by atoms with Crippen molar-refractivity contribution in [1.29, 1.82) is 0 Å². The van der Waals surface area contributed by atoms with Crippen LogP contribution in [-0.4, -0.2) is 27.6 Å². The topological polar surface area (TPSA) is 55.9 Å². The molecule has 0 spiro atoms. The second kappa shape index (κ2) is 6.98. The average molecular weight is 381 g/mol. The van der Waals surface area contributed by atoms with Gasteiger partial charge in [0.1, 0.15) is 5.52 Å². The summed E-state index contributed by atoms with van der Waals surface area (Å²) in [4.78, 5) is 9.37. The average Bonchev–Trinajstić information content (AvgIpc) is 3.35. The third kappa shape index (κ3) is 3.01. The number of hydrogen-bond donors (Lipinski definition) is 1. The Labute approximate surface area is 162 Å². The quantitative estimate of drug-likeness (QED) is 0.512. The number of para-hydroxylation sites is 1. The Morgan fingerprint density at radius 3 is 2.78 bits per heavy atom. The summed E-state index contributed by atoms with van der Waals surface area (Å²) in [5.74, 6) is 2.32. The number of hydrogen-bond acceptors (Lipinski definition) is 4. The van der Waals surface area contributed by atoms with Crippen LogP contribution in [0.3, 0.4) is 0 Å². The zero-order valence-corrected chi connectivity index (χ0v) is 15.7. The van der Waals surface area contributed by atoms with Gasteiger partial charge in [0.15, 0.2) is 16.7 Å². The summed E-state index contributed by atoms with van der Waals surface area (Å²) >= 11 is 6.51. The first-order valence-corrected chi connectivity index (χ1v) is 9.88. The number of imidazole rings is 1. The Morgan fingerprint density at radius 2 is 1.96 bits per heavy atom. The molecule has 0 saturated carbocycles. The van der Waals surface area contributed by atoms with Crippen LogP contribution in [0.5, 0.6) is 0 Å². The molecule has 1 aromatic carbocycles. The predicted molar refractivity (Wildman–Crippen MR) is 108 cm³/mol. The summed E-state index contributed by atoms with van der Waals surface area (Å²) in [6, 6.07) is 12.0. The van der Waals surface area contributed by atoms with Gasteiger partial charge in [0.2, 0.25) is 0 Å². The molecule has 0 atom stereocenters. The first-order chi connectivity index (χ1) is 13.3. The van der Waals surface area contributed by atoms with E-state index in [4.69, 9.17) is 21.0 Å². The Kier molecular flexibility index (Phi) is 4.34. The molecule has 0 aliphatic carbocycles. The van der Waals surface area contributed by atoms with Crippen LogP contribution >= 0.6 is 11.6 Å². The minimum absolute atomic E-state index is 0.442. The van der Waals surface area contributed by atoms with Gasteiger partial charge >= 0.3 is 0 Å². The minimum Gasteiger partial charge on any atom is -0.461 e. The van der Waals surface area contributed by atoms with Crippen LogP contribution in [0.25, 0.3) is 33.5 Å². The maximum Gasteiger partial charge on any atom is 0.177 e. The van der Waals surface area contributed by atoms with Crippen LogP contribution in [0, 0.1) is 5.92 Å². The summed E-state index contributed by atoms with van der Waals surface area (Å²) in [5, 5.41) is 4.96. The van der Waals surface area contributed by atoms with Crippen molar-refractivity contribution in [2.75, 3.05) is 13.1 Å². The predicted octanol–water partition coefficient (Wildman–Crippen LogP) is 4.89. The van der Waals surface area contributed by atoms with E-state index in [1.54, 1.807) is 6.26 Å². The van der Waals surface area contributed by atoms with E-state index in [2.05, 4.69) is 20.9 Å². The van der Waals surface area contributed by atoms with Crippen molar-refractivity contribution in [3.8, 4) is 11.6 Å². The third-order valence-corrected chi connectivity index (χ3v) is 5.77. The Morgan fingerprint density at radius 1 is 1.11 bits per heavy atom. The van der Waals surface area contributed by atoms with Crippen LogP contribution in [-0.2, 0) is 6.54 Å². The highest BCUT2D eigenvalue weighted by Gasteiger charge is 2.21. The lowest BCUT2D eigenvalue weighted by molar-refractivity contribution is 0.339. The fourth-order valence-corrected chi connectivity index (χ4v) is 4.32. The van der Waals surface area contributed by atoms with Crippen LogP contribution in [0.2, 0.25) is 5.15 Å². The van der Waals surface area contributed by atoms with Gasteiger partial charge in [-0.3, -0.25) is 0 Å². The highest BCUT2D eigenvalue weighted by Crippen LogP contribution is 2.34. The number of pyridine rings is 1. The van der Waals surface area contributed by atoms with Gasteiger partial charge in [0, 0.05) is 11.9 Å². The molecule has 3 aromatic heterocycles. The number of furan rings is 1. The monoisotopic (exact) mass is 380 g/mol. The maximum atomic E-state index is 6.51. The molecule has 5 nitrogen and oxygen atoms in total. The zero-order chi connectivity index (χ0) is 18.2. The van der Waals surface area contributed by atoms with E-state index >= 15 is 0 Å².